The molecule has 1 aromatic carbocycles. The van der Waals surface area contributed by atoms with Gasteiger partial charge in [0.25, 0.3) is 0 Å². The average molecular weight is 294 g/mol. The molecule has 0 spiro atoms. The fraction of sp³-hybridized carbons (Fsp3) is 0.154. The van der Waals surface area contributed by atoms with Crippen LogP contribution in [-0.4, -0.2) is 16.7 Å². The van der Waals surface area contributed by atoms with Crippen molar-refractivity contribution in [1.82, 2.24) is 4.98 Å². The van der Waals surface area contributed by atoms with Crippen LogP contribution in [0.2, 0.25) is 0 Å². The Balaban J connectivity index is 1.95. The van der Waals surface area contributed by atoms with Gasteiger partial charge in [-0.1, -0.05) is 22.0 Å². The molecule has 1 heterocycles. The van der Waals surface area contributed by atoms with Gasteiger partial charge >= 0.3 is 0 Å². The highest BCUT2D eigenvalue weighted by atomic mass is 79.9. The van der Waals surface area contributed by atoms with Crippen molar-refractivity contribution in [2.75, 3.05) is 6.61 Å². The van der Waals surface area contributed by atoms with Crippen LogP contribution in [0.3, 0.4) is 0 Å². The summed E-state index contributed by atoms with van der Waals surface area (Å²) in [5.41, 5.74) is 0.801. The van der Waals surface area contributed by atoms with Crippen molar-refractivity contribution in [3.05, 3.63) is 58.8 Å². The third-order valence-electron chi connectivity index (χ3n) is 2.29. The first-order chi connectivity index (χ1) is 8.25. The van der Waals surface area contributed by atoms with E-state index in [-0.39, 0.29) is 6.61 Å². The van der Waals surface area contributed by atoms with Gasteiger partial charge in [-0.2, -0.15) is 0 Å². The second-order valence-corrected chi connectivity index (χ2v) is 4.48. The van der Waals surface area contributed by atoms with E-state index in [1.807, 2.05) is 24.3 Å². The first kappa shape index (κ1) is 12.1. The van der Waals surface area contributed by atoms with Crippen LogP contribution in [0.1, 0.15) is 11.7 Å². The Labute approximate surface area is 108 Å². The van der Waals surface area contributed by atoms with E-state index in [1.165, 1.54) is 0 Å². The summed E-state index contributed by atoms with van der Waals surface area (Å²) in [5, 5.41) is 9.89. The van der Waals surface area contributed by atoms with Crippen LogP contribution in [0.25, 0.3) is 0 Å². The number of rotatable bonds is 4. The number of ether oxygens (including phenoxy) is 1. The molecule has 2 rings (SSSR count). The number of halogens is 1. The summed E-state index contributed by atoms with van der Waals surface area (Å²) in [5.74, 6) is 0.729. The third-order valence-corrected chi connectivity index (χ3v) is 2.79. The number of aliphatic hydroxyl groups excluding tert-OH is 1. The van der Waals surface area contributed by atoms with Gasteiger partial charge in [0, 0.05) is 16.9 Å². The predicted octanol–water partition coefficient (Wildman–Crippen LogP) is 2.96. The number of aromatic nitrogens is 1. The molecule has 0 fully saturated rings. The summed E-state index contributed by atoms with van der Waals surface area (Å²) < 4.78 is 6.45. The van der Waals surface area contributed by atoms with Crippen LogP contribution in [0.5, 0.6) is 5.75 Å². The Morgan fingerprint density at radius 3 is 2.71 bits per heavy atom. The van der Waals surface area contributed by atoms with Gasteiger partial charge in [-0.25, -0.2) is 0 Å². The highest BCUT2D eigenvalue weighted by Crippen LogP contribution is 2.19. The maximum Gasteiger partial charge on any atom is 0.120 e. The highest BCUT2D eigenvalue weighted by Gasteiger charge is 2.07. The molecule has 1 aromatic heterocycles. The lowest BCUT2D eigenvalue weighted by atomic mass is 10.2. The van der Waals surface area contributed by atoms with Gasteiger partial charge in [0.2, 0.25) is 0 Å². The number of pyridine rings is 1. The van der Waals surface area contributed by atoms with Crippen molar-refractivity contribution in [3.63, 3.8) is 0 Å². The highest BCUT2D eigenvalue weighted by molar-refractivity contribution is 9.10. The van der Waals surface area contributed by atoms with Crippen molar-refractivity contribution in [2.24, 2.45) is 0 Å². The van der Waals surface area contributed by atoms with E-state index in [4.69, 9.17) is 4.74 Å². The molecule has 0 bridgehead atoms. The quantitative estimate of drug-likeness (QED) is 0.942. The number of benzene rings is 1. The third kappa shape index (κ3) is 3.54. The molecule has 0 saturated heterocycles. The van der Waals surface area contributed by atoms with Gasteiger partial charge in [0.05, 0.1) is 0 Å². The number of hydrogen-bond acceptors (Lipinski definition) is 3. The van der Waals surface area contributed by atoms with E-state index < -0.39 is 6.10 Å². The molecule has 1 unspecified atom stereocenters. The Morgan fingerprint density at radius 1 is 1.24 bits per heavy atom. The summed E-state index contributed by atoms with van der Waals surface area (Å²) in [7, 11) is 0. The predicted molar refractivity (Wildman–Crippen MR) is 68.8 cm³/mol. The van der Waals surface area contributed by atoms with Crippen LogP contribution >= 0.6 is 15.9 Å². The standard InChI is InChI=1S/C13H12BrNO2/c14-11-2-1-3-12(8-11)17-9-13(16)10-4-6-15-7-5-10/h1-8,13,16H,9H2. The maximum absolute atomic E-state index is 9.89. The summed E-state index contributed by atoms with van der Waals surface area (Å²) >= 11 is 3.36. The number of aliphatic hydroxyl groups is 1. The largest absolute Gasteiger partial charge is 0.490 e. The molecule has 0 amide bonds. The topological polar surface area (TPSA) is 42.4 Å². The molecule has 0 saturated carbocycles. The van der Waals surface area contributed by atoms with Crippen molar-refractivity contribution in [3.8, 4) is 5.75 Å². The van der Waals surface area contributed by atoms with Crippen molar-refractivity contribution in [1.29, 1.82) is 0 Å². The van der Waals surface area contributed by atoms with Crippen LogP contribution in [0.15, 0.2) is 53.3 Å². The first-order valence-electron chi connectivity index (χ1n) is 5.22. The maximum atomic E-state index is 9.89. The zero-order valence-electron chi connectivity index (χ0n) is 9.08. The molecule has 17 heavy (non-hydrogen) atoms. The molecule has 4 heteroatoms. The van der Waals surface area contributed by atoms with Gasteiger partial charge in [-0.15, -0.1) is 0 Å². The number of nitrogens with zero attached hydrogens (tertiary/aromatic N) is 1. The second kappa shape index (κ2) is 5.80. The summed E-state index contributed by atoms with van der Waals surface area (Å²) in [6.45, 7) is 0.223. The molecule has 0 aliphatic rings. The Hall–Kier alpha value is -1.39. The summed E-state index contributed by atoms with van der Waals surface area (Å²) in [6, 6.07) is 11.1. The van der Waals surface area contributed by atoms with Crippen LogP contribution in [-0.2, 0) is 0 Å². The fourth-order valence-electron chi connectivity index (χ4n) is 1.41. The molecule has 0 aliphatic carbocycles. The Bertz CT molecular complexity index is 476. The average Bonchev–Trinajstić information content (AvgIpc) is 2.37. The molecule has 88 valence electrons. The minimum Gasteiger partial charge on any atom is -0.490 e. The van der Waals surface area contributed by atoms with Crippen molar-refractivity contribution < 1.29 is 9.84 Å². The zero-order valence-corrected chi connectivity index (χ0v) is 10.7. The minimum atomic E-state index is -0.642. The van der Waals surface area contributed by atoms with Crippen molar-refractivity contribution >= 4 is 15.9 Å². The smallest absolute Gasteiger partial charge is 0.120 e. The minimum absolute atomic E-state index is 0.223. The van der Waals surface area contributed by atoms with Gasteiger partial charge < -0.3 is 9.84 Å². The van der Waals surface area contributed by atoms with Gasteiger partial charge in [0.15, 0.2) is 0 Å². The van der Waals surface area contributed by atoms with E-state index in [9.17, 15) is 5.11 Å². The van der Waals surface area contributed by atoms with E-state index >= 15 is 0 Å². The van der Waals surface area contributed by atoms with E-state index in [1.54, 1.807) is 24.5 Å². The molecule has 1 N–H and O–H groups in total. The lowest BCUT2D eigenvalue weighted by Gasteiger charge is -2.12. The molecule has 0 aliphatic heterocycles. The van der Waals surface area contributed by atoms with Crippen LogP contribution in [0.4, 0.5) is 0 Å². The molecular formula is C13H12BrNO2. The fourth-order valence-corrected chi connectivity index (χ4v) is 1.79. The summed E-state index contributed by atoms with van der Waals surface area (Å²) in [4.78, 5) is 3.90. The van der Waals surface area contributed by atoms with Crippen molar-refractivity contribution in [2.45, 2.75) is 6.10 Å². The zero-order chi connectivity index (χ0) is 12.1. The lowest BCUT2D eigenvalue weighted by molar-refractivity contribution is 0.108. The van der Waals surface area contributed by atoms with Gasteiger partial charge in [-0.3, -0.25) is 4.98 Å². The SMILES string of the molecule is OC(COc1cccc(Br)c1)c1ccncc1. The van der Waals surface area contributed by atoms with E-state index in [0.717, 1.165) is 15.8 Å². The van der Waals surface area contributed by atoms with E-state index in [2.05, 4.69) is 20.9 Å². The molecule has 3 nitrogen and oxygen atoms in total. The summed E-state index contributed by atoms with van der Waals surface area (Å²) in [6.07, 6.45) is 2.66. The molecule has 2 aromatic rings. The van der Waals surface area contributed by atoms with Gasteiger partial charge in [-0.05, 0) is 35.9 Å². The normalized spacial score (nSPS) is 12.1. The first-order valence-corrected chi connectivity index (χ1v) is 6.01. The molecule has 0 radical (unpaired) electrons. The molecule has 1 atom stereocenters. The second-order valence-electron chi connectivity index (χ2n) is 3.56. The lowest BCUT2D eigenvalue weighted by Crippen LogP contribution is -2.09. The van der Waals surface area contributed by atoms with Crippen LogP contribution < -0.4 is 4.74 Å². The van der Waals surface area contributed by atoms with E-state index in [0.29, 0.717) is 0 Å². The monoisotopic (exact) mass is 293 g/mol. The Kier molecular flexibility index (Phi) is 4.12. The van der Waals surface area contributed by atoms with Gasteiger partial charge in [0.1, 0.15) is 18.5 Å². The molecular weight excluding hydrogens is 282 g/mol. The van der Waals surface area contributed by atoms with Crippen LogP contribution in [0, 0.1) is 0 Å². The number of hydrogen-bond donors (Lipinski definition) is 1. The Morgan fingerprint density at radius 2 is 2.00 bits per heavy atom.